The van der Waals surface area contributed by atoms with Gasteiger partial charge in [-0.15, -0.1) is 0 Å². The Kier molecular flexibility index (Phi) is 26.6. The zero-order valence-corrected chi connectivity index (χ0v) is 20.5. The molecule has 0 radical (unpaired) electrons. The van der Waals surface area contributed by atoms with Crippen LogP contribution in [0.2, 0.25) is 0 Å². The molecule has 0 rings (SSSR count). The van der Waals surface area contributed by atoms with Gasteiger partial charge in [-0.2, -0.15) is 8.42 Å². The summed E-state index contributed by atoms with van der Waals surface area (Å²) in [7, 11) is -4.12. The summed E-state index contributed by atoms with van der Waals surface area (Å²) in [6.07, 6.45) is 23.1. The van der Waals surface area contributed by atoms with Crippen molar-refractivity contribution < 1.29 is 22.5 Å². The van der Waals surface area contributed by atoms with Gasteiger partial charge < -0.3 is 4.74 Å². The van der Waals surface area contributed by atoms with Crippen molar-refractivity contribution in [3.05, 3.63) is 0 Å². The van der Waals surface area contributed by atoms with Gasteiger partial charge in [-0.25, -0.2) is 0 Å². The molecule has 0 heterocycles. The molecule has 0 aliphatic heterocycles. The van der Waals surface area contributed by atoms with E-state index in [0.717, 1.165) is 19.3 Å². The molecular formula is C24H49KO5S. The first kappa shape index (κ1) is 34.2. The quantitative estimate of drug-likeness (QED) is 0.0804. The van der Waals surface area contributed by atoms with Gasteiger partial charge in [0.05, 0.1) is 0 Å². The topological polar surface area (TPSA) is 80.7 Å². The zero-order valence-electron chi connectivity index (χ0n) is 19.7. The Labute approximate surface area is 235 Å². The van der Waals surface area contributed by atoms with E-state index in [0.29, 0.717) is 6.42 Å². The maximum atomic E-state index is 11.0. The van der Waals surface area contributed by atoms with E-state index in [4.69, 9.17) is 9.29 Å². The molecule has 1 N–H and O–H groups in total. The van der Waals surface area contributed by atoms with Crippen molar-refractivity contribution in [2.45, 2.75) is 142 Å². The van der Waals surface area contributed by atoms with Crippen molar-refractivity contribution in [1.29, 1.82) is 0 Å². The van der Waals surface area contributed by atoms with E-state index in [1.54, 1.807) is 0 Å². The van der Waals surface area contributed by atoms with Gasteiger partial charge in [0.15, 0.2) is 0 Å². The first-order valence-electron chi connectivity index (χ1n) is 12.5. The van der Waals surface area contributed by atoms with E-state index in [2.05, 4.69) is 6.92 Å². The van der Waals surface area contributed by atoms with Crippen molar-refractivity contribution >= 4 is 67.5 Å². The Morgan fingerprint density at radius 2 is 1.03 bits per heavy atom. The SMILES string of the molecule is CCCCCCCCCCCCCCCCCCCCC(CS(=O)(=O)O)OC(C)=O.[KH]. The molecule has 0 aromatic carbocycles. The average molecular weight is 489 g/mol. The van der Waals surface area contributed by atoms with Crippen LogP contribution >= 0.6 is 0 Å². The van der Waals surface area contributed by atoms with Gasteiger partial charge in [-0.1, -0.05) is 116 Å². The molecule has 0 spiro atoms. The fourth-order valence-electron chi connectivity index (χ4n) is 3.92. The van der Waals surface area contributed by atoms with Gasteiger partial charge in [0, 0.05) is 6.92 Å². The van der Waals surface area contributed by atoms with Crippen LogP contribution in [0.15, 0.2) is 0 Å². The van der Waals surface area contributed by atoms with Gasteiger partial charge in [-0.05, 0) is 12.8 Å². The van der Waals surface area contributed by atoms with Crippen molar-refractivity contribution in [2.75, 3.05) is 5.75 Å². The molecule has 182 valence electrons. The Morgan fingerprint density at radius 3 is 1.32 bits per heavy atom. The predicted octanol–water partition coefficient (Wildman–Crippen LogP) is 6.59. The van der Waals surface area contributed by atoms with Crippen LogP contribution in [0.25, 0.3) is 0 Å². The van der Waals surface area contributed by atoms with Gasteiger partial charge in [0.2, 0.25) is 0 Å². The second-order valence-electron chi connectivity index (χ2n) is 8.78. The van der Waals surface area contributed by atoms with E-state index in [1.165, 1.54) is 103 Å². The summed E-state index contributed by atoms with van der Waals surface area (Å²) in [5.74, 6) is -1.02. The van der Waals surface area contributed by atoms with Crippen molar-refractivity contribution in [1.82, 2.24) is 0 Å². The van der Waals surface area contributed by atoms with Crippen molar-refractivity contribution in [2.24, 2.45) is 0 Å². The summed E-state index contributed by atoms with van der Waals surface area (Å²) in [5, 5.41) is 0. The van der Waals surface area contributed by atoms with Gasteiger partial charge in [0.1, 0.15) is 11.9 Å². The summed E-state index contributed by atoms with van der Waals surface area (Å²) in [6, 6.07) is 0. The Balaban J connectivity index is 0. The molecule has 5 nitrogen and oxygen atoms in total. The number of hydrogen-bond acceptors (Lipinski definition) is 4. The number of ether oxygens (including phenoxy) is 1. The van der Waals surface area contributed by atoms with Gasteiger partial charge >= 0.3 is 57.4 Å². The fraction of sp³-hybridized carbons (Fsp3) is 0.958. The summed E-state index contributed by atoms with van der Waals surface area (Å²) < 4.78 is 35.9. The number of unbranched alkanes of at least 4 members (excludes halogenated alkanes) is 17. The molecule has 0 aromatic rings. The predicted molar refractivity (Wildman–Crippen MR) is 133 cm³/mol. The summed E-state index contributed by atoms with van der Waals surface area (Å²) in [5.41, 5.74) is 0. The van der Waals surface area contributed by atoms with Crippen LogP contribution in [0.1, 0.15) is 136 Å². The standard InChI is InChI=1S/C24H48O5S.K.H/c1-3-4-5-6-7-8-9-10-11-12-13-14-15-16-17-18-19-20-21-24(29-23(2)25)22-30(26,27)28;;/h24H,3-22H2,1-2H3,(H,26,27,28);;. The first-order valence-corrected chi connectivity index (χ1v) is 14.1. The Morgan fingerprint density at radius 1 is 0.710 bits per heavy atom. The molecule has 31 heavy (non-hydrogen) atoms. The second-order valence-corrected chi connectivity index (χ2v) is 10.3. The number of esters is 1. The number of carbonyl (C=O) groups excluding carboxylic acids is 1. The summed E-state index contributed by atoms with van der Waals surface area (Å²) >= 11 is 0. The molecule has 0 fully saturated rings. The monoisotopic (exact) mass is 488 g/mol. The molecule has 7 heteroatoms. The van der Waals surface area contributed by atoms with Crippen LogP contribution in [0, 0.1) is 0 Å². The number of hydrogen-bond donors (Lipinski definition) is 1. The molecule has 0 saturated heterocycles. The molecule has 0 saturated carbocycles. The molecule has 0 aliphatic carbocycles. The van der Waals surface area contributed by atoms with Crippen molar-refractivity contribution in [3.8, 4) is 0 Å². The molecule has 0 amide bonds. The molecule has 0 aromatic heterocycles. The normalized spacial score (nSPS) is 12.4. The van der Waals surface area contributed by atoms with Crippen LogP contribution in [-0.4, -0.2) is 82.2 Å². The third-order valence-corrected chi connectivity index (χ3v) is 6.40. The van der Waals surface area contributed by atoms with Crippen LogP contribution < -0.4 is 0 Å². The minimum absolute atomic E-state index is 0. The third-order valence-electron chi connectivity index (χ3n) is 5.61. The van der Waals surface area contributed by atoms with Crippen LogP contribution in [0.4, 0.5) is 0 Å². The van der Waals surface area contributed by atoms with E-state index in [1.807, 2.05) is 0 Å². The third kappa shape index (κ3) is 29.0. The Hall–Kier alpha value is 1.02. The van der Waals surface area contributed by atoms with E-state index < -0.39 is 27.9 Å². The van der Waals surface area contributed by atoms with Crippen LogP contribution in [0.5, 0.6) is 0 Å². The summed E-state index contributed by atoms with van der Waals surface area (Å²) in [4.78, 5) is 11.0. The molecular weight excluding hydrogens is 439 g/mol. The van der Waals surface area contributed by atoms with E-state index in [9.17, 15) is 13.2 Å². The van der Waals surface area contributed by atoms with Gasteiger partial charge in [-0.3, -0.25) is 9.35 Å². The van der Waals surface area contributed by atoms with Crippen LogP contribution in [-0.2, 0) is 19.6 Å². The molecule has 0 bridgehead atoms. The maximum absolute atomic E-state index is 11.0. The number of carbonyl (C=O) groups is 1. The van der Waals surface area contributed by atoms with Crippen LogP contribution in [0.3, 0.4) is 0 Å². The molecule has 1 atom stereocenters. The van der Waals surface area contributed by atoms with Gasteiger partial charge in [0.25, 0.3) is 10.1 Å². The average Bonchev–Trinajstić information content (AvgIpc) is 2.65. The van der Waals surface area contributed by atoms with E-state index >= 15 is 0 Å². The first-order chi connectivity index (χ1) is 14.3. The second kappa shape index (κ2) is 24.2. The van der Waals surface area contributed by atoms with E-state index in [-0.39, 0.29) is 51.4 Å². The number of rotatable bonds is 22. The zero-order chi connectivity index (χ0) is 22.5. The Bertz CT molecular complexity index is 496. The molecule has 1 unspecified atom stereocenters. The molecule has 0 aliphatic rings. The van der Waals surface area contributed by atoms with Crippen molar-refractivity contribution in [3.63, 3.8) is 0 Å². The summed E-state index contributed by atoms with van der Waals surface area (Å²) in [6.45, 7) is 3.52. The fourth-order valence-corrected chi connectivity index (χ4v) is 4.62. The minimum atomic E-state index is -4.12.